The van der Waals surface area contributed by atoms with Gasteiger partial charge in [-0.1, -0.05) is 194 Å². The Morgan fingerprint density at radius 2 is 1.00 bits per heavy atom. The van der Waals surface area contributed by atoms with Crippen LogP contribution in [0.15, 0.2) is 236 Å². The topological polar surface area (TPSA) is 3.24 Å². The lowest BCUT2D eigenvalue weighted by Gasteiger charge is -2.34. The highest BCUT2D eigenvalue weighted by Crippen LogP contribution is 2.59. The van der Waals surface area contributed by atoms with Gasteiger partial charge in [0.1, 0.15) is 0 Å². The Hall–Kier alpha value is -7.52. The molecule has 0 bridgehead atoms. The number of anilines is 3. The van der Waals surface area contributed by atoms with Crippen LogP contribution in [-0.2, 0) is 5.41 Å². The van der Waals surface area contributed by atoms with E-state index in [1.165, 1.54) is 20.2 Å². The third-order valence-corrected chi connectivity index (χ3v) is 13.5. The fourth-order valence-electron chi connectivity index (χ4n) is 9.87. The molecule has 2 heteroatoms. The molecule has 12 rings (SSSR count). The van der Waals surface area contributed by atoms with Crippen molar-refractivity contribution in [3.8, 4) is 33.4 Å². The molecule has 0 atom stereocenters. The van der Waals surface area contributed by atoms with Crippen LogP contribution in [0, 0.1) is 0 Å². The van der Waals surface area contributed by atoms with Gasteiger partial charge in [-0.15, -0.1) is 11.3 Å². The molecule has 61 heavy (non-hydrogen) atoms. The highest BCUT2D eigenvalue weighted by Gasteiger charge is 2.47. The molecule has 0 aliphatic heterocycles. The summed E-state index contributed by atoms with van der Waals surface area (Å²) in [7, 11) is 0. The molecule has 1 nitrogen and oxygen atoms in total. The zero-order valence-electron chi connectivity index (χ0n) is 37.1. The first-order valence-electron chi connectivity index (χ1n) is 22.7. The van der Waals surface area contributed by atoms with Crippen molar-refractivity contribution in [1.82, 2.24) is 0 Å². The monoisotopic (exact) mass is 797 g/mol. The summed E-state index contributed by atoms with van der Waals surface area (Å²) in [4.78, 5) is 1.99. The Kier molecular flexibility index (Phi) is 7.38. The Balaban J connectivity index is 1.17. The van der Waals surface area contributed by atoms with Gasteiger partial charge in [0.05, 0.1) is 16.6 Å². The van der Waals surface area contributed by atoms with Crippen LogP contribution >= 0.6 is 11.3 Å². The summed E-state index contributed by atoms with van der Waals surface area (Å²) in [6, 6.07) is 72.9. The fraction of sp³-hybridized carbons (Fsp3) is 0.0169. The van der Waals surface area contributed by atoms with E-state index in [1.54, 1.807) is 11.3 Å². The van der Waals surface area contributed by atoms with Gasteiger partial charge in [0, 0.05) is 37.1 Å². The van der Waals surface area contributed by atoms with Crippen LogP contribution in [0.1, 0.15) is 27.7 Å². The van der Waals surface area contributed by atoms with E-state index in [2.05, 4.69) is 158 Å². The quantitative estimate of drug-likeness (QED) is 0.155. The minimum atomic E-state index is -0.694. The van der Waals surface area contributed by atoms with Gasteiger partial charge < -0.3 is 4.90 Å². The lowest BCUT2D eigenvalue weighted by Crippen LogP contribution is -2.28. The maximum Gasteiger partial charge on any atom is 0.0714 e. The van der Waals surface area contributed by atoms with Crippen molar-refractivity contribution < 1.29 is 5.48 Å². The molecule has 1 aromatic heterocycles. The lowest BCUT2D eigenvalue weighted by atomic mass is 9.68. The van der Waals surface area contributed by atoms with Gasteiger partial charge in [0.25, 0.3) is 0 Å². The van der Waals surface area contributed by atoms with Gasteiger partial charge in [-0.05, 0) is 103 Å². The number of nitrogens with zero attached hydrogens (tertiary/aromatic N) is 1. The van der Waals surface area contributed by atoms with E-state index in [-0.39, 0.29) is 35.4 Å². The summed E-state index contributed by atoms with van der Waals surface area (Å²) in [5.74, 6) is 0. The van der Waals surface area contributed by atoms with Crippen molar-refractivity contribution >= 4 is 59.3 Å². The van der Waals surface area contributed by atoms with E-state index < -0.39 is 5.41 Å². The predicted octanol–water partition coefficient (Wildman–Crippen LogP) is 16.4. The van der Waals surface area contributed by atoms with E-state index in [4.69, 9.17) is 0 Å². The van der Waals surface area contributed by atoms with Crippen LogP contribution in [0.3, 0.4) is 0 Å². The van der Waals surface area contributed by atoms with Crippen molar-refractivity contribution in [2.45, 2.75) is 5.41 Å². The third-order valence-electron chi connectivity index (χ3n) is 12.4. The number of benzene rings is 10. The summed E-state index contributed by atoms with van der Waals surface area (Å²) >= 11 is 1.78. The first-order valence-corrected chi connectivity index (χ1v) is 21.5. The van der Waals surface area contributed by atoms with Crippen molar-refractivity contribution in [2.24, 2.45) is 0 Å². The first kappa shape index (κ1) is 31.4. The van der Waals surface area contributed by atoms with Gasteiger partial charge in [-0.2, -0.15) is 0 Å². The molecule has 1 aliphatic rings. The van der Waals surface area contributed by atoms with E-state index in [9.17, 15) is 5.48 Å². The normalized spacial score (nSPS) is 13.6. The fourth-order valence-corrected chi connectivity index (χ4v) is 11.0. The second-order valence-corrected chi connectivity index (χ2v) is 16.7. The second-order valence-electron chi connectivity index (χ2n) is 15.6. The standard InChI is InChI=1S/C59H39NS/c1-3-20-43(21-4-1)59(44-22-5-2-6-23-44)52-30-11-9-26-50(52)58-53(59)31-16-32-54(58)60(45-37-35-41(36-38-45)48-28-14-18-40-17-7-8-25-47(40)48)46-24-13-19-42(39-46)49-29-15-34-56-57(49)51-27-10-12-33-55(51)61-56/h1-39H/i35D,36D,37D,38D. The highest BCUT2D eigenvalue weighted by molar-refractivity contribution is 7.25. The molecule has 1 aliphatic carbocycles. The van der Waals surface area contributed by atoms with Crippen molar-refractivity contribution in [3.05, 3.63) is 259 Å². The Morgan fingerprint density at radius 1 is 0.410 bits per heavy atom. The molecule has 0 N–H and O–H groups in total. The number of hydrogen-bond donors (Lipinski definition) is 0. The molecule has 0 spiro atoms. The third kappa shape index (κ3) is 5.53. The van der Waals surface area contributed by atoms with E-state index in [0.29, 0.717) is 5.56 Å². The molecule has 0 amide bonds. The summed E-state index contributed by atoms with van der Waals surface area (Å²) in [6.07, 6.45) is 0. The number of thiophene rings is 1. The van der Waals surface area contributed by atoms with Gasteiger partial charge >= 0.3 is 0 Å². The SMILES string of the molecule is [2H]c1c([2H])c(N(c2cccc(-c3cccc4sc5ccccc5c34)c2)c2cccc3c2-c2ccccc2C3(c2ccccc2)c2ccccc2)c([2H])c([2H])c1-c1cccc2ccccc12. The smallest absolute Gasteiger partial charge is 0.0714 e. The molecule has 1 heterocycles. The van der Waals surface area contributed by atoms with Gasteiger partial charge in [-0.25, -0.2) is 0 Å². The molecule has 0 saturated heterocycles. The van der Waals surface area contributed by atoms with Crippen LogP contribution in [0.5, 0.6) is 0 Å². The number of hydrogen-bond acceptors (Lipinski definition) is 2. The maximum atomic E-state index is 10.0. The van der Waals surface area contributed by atoms with Crippen LogP contribution < -0.4 is 4.90 Å². The summed E-state index contributed by atoms with van der Waals surface area (Å²) < 4.78 is 42.0. The van der Waals surface area contributed by atoms with Crippen LogP contribution in [0.4, 0.5) is 17.1 Å². The predicted molar refractivity (Wildman–Crippen MR) is 260 cm³/mol. The molecule has 0 unspecified atom stereocenters. The lowest BCUT2D eigenvalue weighted by molar-refractivity contribution is 0.768. The van der Waals surface area contributed by atoms with Crippen molar-refractivity contribution in [1.29, 1.82) is 0 Å². The summed E-state index contributed by atoms with van der Waals surface area (Å²) in [5.41, 5.74) is 10.5. The first-order chi connectivity index (χ1) is 31.9. The van der Waals surface area contributed by atoms with E-state index in [1.807, 2.05) is 59.5 Å². The Morgan fingerprint density at radius 3 is 1.82 bits per heavy atom. The molecular weight excluding hydrogens is 755 g/mol. The van der Waals surface area contributed by atoms with Gasteiger partial charge in [0.15, 0.2) is 0 Å². The summed E-state index contributed by atoms with van der Waals surface area (Å²) in [6.45, 7) is 0. The Bertz CT molecular complexity index is 3600. The maximum absolute atomic E-state index is 10.0. The van der Waals surface area contributed by atoms with Crippen LogP contribution in [0.25, 0.3) is 64.3 Å². The molecule has 0 saturated carbocycles. The average Bonchev–Trinajstić information content (AvgIpc) is 3.90. The average molecular weight is 798 g/mol. The second kappa shape index (κ2) is 14.3. The minimum Gasteiger partial charge on any atom is -0.310 e. The number of fused-ring (bicyclic) bond motifs is 7. The van der Waals surface area contributed by atoms with Crippen LogP contribution in [0.2, 0.25) is 0 Å². The largest absolute Gasteiger partial charge is 0.310 e. The molecule has 11 aromatic rings. The molecule has 10 aromatic carbocycles. The minimum absolute atomic E-state index is 0.0936. The van der Waals surface area contributed by atoms with Crippen molar-refractivity contribution in [2.75, 3.05) is 4.90 Å². The molecule has 0 fully saturated rings. The highest BCUT2D eigenvalue weighted by atomic mass is 32.1. The molecule has 286 valence electrons. The van der Waals surface area contributed by atoms with Crippen molar-refractivity contribution in [3.63, 3.8) is 0 Å². The van der Waals surface area contributed by atoms with E-state index in [0.717, 1.165) is 66.7 Å². The van der Waals surface area contributed by atoms with E-state index >= 15 is 0 Å². The van der Waals surface area contributed by atoms with Crippen LogP contribution in [-0.4, -0.2) is 0 Å². The van der Waals surface area contributed by atoms with Gasteiger partial charge in [0.2, 0.25) is 0 Å². The van der Waals surface area contributed by atoms with Gasteiger partial charge in [-0.3, -0.25) is 0 Å². The zero-order valence-corrected chi connectivity index (χ0v) is 33.9. The Labute approximate surface area is 365 Å². The molecule has 0 radical (unpaired) electrons. The number of rotatable bonds is 7. The summed E-state index contributed by atoms with van der Waals surface area (Å²) in [5, 5.41) is 4.23. The molecular formula is C59H39NS. The zero-order chi connectivity index (χ0) is 43.8.